The summed E-state index contributed by atoms with van der Waals surface area (Å²) in [6, 6.07) is 3.75. The molecular formula is C12H11ClN2O. The fourth-order valence-electron chi connectivity index (χ4n) is 1.89. The van der Waals surface area contributed by atoms with Gasteiger partial charge in [0.15, 0.2) is 0 Å². The van der Waals surface area contributed by atoms with Crippen LogP contribution < -0.4 is 0 Å². The number of carbonyl (C=O) groups is 1. The summed E-state index contributed by atoms with van der Waals surface area (Å²) in [5, 5.41) is 0.619. The first kappa shape index (κ1) is 9.85. The highest BCUT2D eigenvalue weighted by Crippen LogP contribution is 2.39. The molecule has 1 aromatic carbocycles. The number of hydrogen-bond donors (Lipinski definition) is 1. The minimum atomic E-state index is 0.354. The van der Waals surface area contributed by atoms with Crippen molar-refractivity contribution in [2.45, 2.75) is 25.2 Å². The first-order chi connectivity index (χ1) is 7.78. The van der Waals surface area contributed by atoms with Crippen molar-refractivity contribution in [1.29, 1.82) is 0 Å². The first-order valence-corrected chi connectivity index (χ1v) is 5.77. The van der Waals surface area contributed by atoms with Gasteiger partial charge in [0.25, 0.3) is 0 Å². The van der Waals surface area contributed by atoms with E-state index in [0.29, 0.717) is 17.4 Å². The number of carbonyl (C=O) groups excluding carboxylic acids is 1. The number of halogens is 1. The molecule has 1 aromatic heterocycles. The summed E-state index contributed by atoms with van der Waals surface area (Å²) in [6.45, 7) is 0. The molecule has 0 aliphatic heterocycles. The predicted octanol–water partition coefficient (Wildman–Crippen LogP) is 2.84. The van der Waals surface area contributed by atoms with E-state index in [-0.39, 0.29) is 0 Å². The molecule has 1 saturated carbocycles. The molecule has 0 bridgehead atoms. The van der Waals surface area contributed by atoms with E-state index in [4.69, 9.17) is 11.6 Å². The molecule has 1 aliphatic rings. The molecule has 2 aromatic rings. The van der Waals surface area contributed by atoms with Crippen LogP contribution in [-0.2, 0) is 11.2 Å². The molecule has 3 nitrogen and oxygen atoms in total. The van der Waals surface area contributed by atoms with Crippen LogP contribution in [0.25, 0.3) is 11.0 Å². The van der Waals surface area contributed by atoms with Gasteiger partial charge in [0.1, 0.15) is 12.1 Å². The lowest BCUT2D eigenvalue weighted by molar-refractivity contribution is -0.107. The van der Waals surface area contributed by atoms with Crippen LogP contribution in [0.5, 0.6) is 0 Å². The van der Waals surface area contributed by atoms with Gasteiger partial charge in [-0.25, -0.2) is 4.98 Å². The molecule has 1 heterocycles. The number of imidazole rings is 1. The molecule has 0 amide bonds. The van der Waals surface area contributed by atoms with E-state index in [1.807, 2.05) is 12.1 Å². The van der Waals surface area contributed by atoms with Crippen LogP contribution in [0, 0.1) is 0 Å². The Hall–Kier alpha value is -1.35. The minimum Gasteiger partial charge on any atom is -0.342 e. The zero-order valence-electron chi connectivity index (χ0n) is 8.66. The number of rotatable bonds is 3. The maximum atomic E-state index is 10.5. The summed E-state index contributed by atoms with van der Waals surface area (Å²) < 4.78 is 0. The molecule has 4 heteroatoms. The normalized spacial score (nSPS) is 15.6. The largest absolute Gasteiger partial charge is 0.342 e. The Morgan fingerprint density at radius 1 is 1.50 bits per heavy atom. The molecule has 16 heavy (non-hydrogen) atoms. The topological polar surface area (TPSA) is 45.8 Å². The summed E-state index contributed by atoms with van der Waals surface area (Å²) in [7, 11) is 0. The van der Waals surface area contributed by atoms with Gasteiger partial charge in [-0.2, -0.15) is 0 Å². The van der Waals surface area contributed by atoms with E-state index in [1.54, 1.807) is 0 Å². The Kier molecular flexibility index (Phi) is 2.21. The highest BCUT2D eigenvalue weighted by atomic mass is 35.5. The summed E-state index contributed by atoms with van der Waals surface area (Å²) in [5.74, 6) is 1.65. The Bertz CT molecular complexity index is 557. The highest BCUT2D eigenvalue weighted by molar-refractivity contribution is 6.32. The van der Waals surface area contributed by atoms with Gasteiger partial charge in [-0.15, -0.1) is 0 Å². The fraction of sp³-hybridized carbons (Fsp3) is 0.333. The Morgan fingerprint density at radius 2 is 2.31 bits per heavy atom. The molecule has 82 valence electrons. The molecule has 0 unspecified atom stereocenters. The number of fused-ring (bicyclic) bond motifs is 1. The van der Waals surface area contributed by atoms with E-state index >= 15 is 0 Å². The average molecular weight is 235 g/mol. The number of aromatic nitrogens is 2. The average Bonchev–Trinajstić information content (AvgIpc) is 3.02. The smallest absolute Gasteiger partial charge is 0.124 e. The quantitative estimate of drug-likeness (QED) is 0.830. The van der Waals surface area contributed by atoms with E-state index in [2.05, 4.69) is 9.97 Å². The van der Waals surface area contributed by atoms with Crippen LogP contribution in [0.4, 0.5) is 0 Å². The summed E-state index contributed by atoms with van der Waals surface area (Å²) >= 11 is 6.07. The van der Waals surface area contributed by atoms with Gasteiger partial charge < -0.3 is 9.78 Å². The van der Waals surface area contributed by atoms with Crippen LogP contribution in [0.2, 0.25) is 5.02 Å². The van der Waals surface area contributed by atoms with Gasteiger partial charge in [-0.05, 0) is 30.5 Å². The molecule has 0 radical (unpaired) electrons. The number of aromatic amines is 1. The molecule has 0 atom stereocenters. The van der Waals surface area contributed by atoms with Crippen molar-refractivity contribution in [3.05, 3.63) is 28.5 Å². The second kappa shape index (κ2) is 3.59. The minimum absolute atomic E-state index is 0.354. The van der Waals surface area contributed by atoms with Crippen molar-refractivity contribution in [2.75, 3.05) is 0 Å². The number of benzene rings is 1. The van der Waals surface area contributed by atoms with Crippen molar-refractivity contribution < 1.29 is 4.79 Å². The third-order valence-corrected chi connectivity index (χ3v) is 3.29. The zero-order chi connectivity index (χ0) is 11.1. The molecule has 1 fully saturated rings. The van der Waals surface area contributed by atoms with Crippen LogP contribution in [0.3, 0.4) is 0 Å². The van der Waals surface area contributed by atoms with Crippen LogP contribution in [0.1, 0.15) is 30.1 Å². The highest BCUT2D eigenvalue weighted by Gasteiger charge is 2.26. The fourth-order valence-corrected chi connectivity index (χ4v) is 2.13. The maximum Gasteiger partial charge on any atom is 0.124 e. The van der Waals surface area contributed by atoms with E-state index in [0.717, 1.165) is 28.7 Å². The van der Waals surface area contributed by atoms with E-state index in [1.165, 1.54) is 12.8 Å². The summed E-state index contributed by atoms with van der Waals surface area (Å²) in [4.78, 5) is 18.3. The Labute approximate surface area is 97.8 Å². The molecule has 1 N–H and O–H groups in total. The third kappa shape index (κ3) is 1.61. The van der Waals surface area contributed by atoms with Gasteiger partial charge in [0.05, 0.1) is 11.0 Å². The standard InChI is InChI=1S/C12H11ClN2O/c13-9-6-11-10(5-8(9)3-4-16)14-12(15-11)7-1-2-7/h4-7H,1-3H2,(H,14,15). The lowest BCUT2D eigenvalue weighted by Gasteiger charge is -1.98. The molecule has 0 spiro atoms. The number of H-pyrrole nitrogens is 1. The first-order valence-electron chi connectivity index (χ1n) is 5.39. The van der Waals surface area contributed by atoms with Gasteiger partial charge in [0.2, 0.25) is 0 Å². The SMILES string of the molecule is O=CCc1cc2[nH]c(C3CC3)nc2cc1Cl. The monoisotopic (exact) mass is 234 g/mol. The van der Waals surface area contributed by atoms with Gasteiger partial charge in [-0.1, -0.05) is 11.6 Å². The van der Waals surface area contributed by atoms with Crippen molar-refractivity contribution in [1.82, 2.24) is 9.97 Å². The number of nitrogens with one attached hydrogen (secondary N) is 1. The second-order valence-electron chi connectivity index (χ2n) is 4.23. The Balaban J connectivity index is 2.11. The number of hydrogen-bond acceptors (Lipinski definition) is 2. The Morgan fingerprint density at radius 3 is 3.00 bits per heavy atom. The van der Waals surface area contributed by atoms with Crippen LogP contribution in [-0.4, -0.2) is 16.3 Å². The van der Waals surface area contributed by atoms with Gasteiger partial charge >= 0.3 is 0 Å². The predicted molar refractivity (Wildman–Crippen MR) is 62.8 cm³/mol. The van der Waals surface area contributed by atoms with Crippen LogP contribution >= 0.6 is 11.6 Å². The van der Waals surface area contributed by atoms with Gasteiger partial charge in [-0.3, -0.25) is 0 Å². The van der Waals surface area contributed by atoms with E-state index in [9.17, 15) is 4.79 Å². The maximum absolute atomic E-state index is 10.5. The van der Waals surface area contributed by atoms with Crippen LogP contribution in [0.15, 0.2) is 12.1 Å². The number of aldehydes is 1. The molecular weight excluding hydrogens is 224 g/mol. The lowest BCUT2D eigenvalue weighted by Crippen LogP contribution is -1.87. The third-order valence-electron chi connectivity index (χ3n) is 2.94. The van der Waals surface area contributed by atoms with Gasteiger partial charge in [0, 0.05) is 17.4 Å². The van der Waals surface area contributed by atoms with Crippen molar-refractivity contribution in [3.63, 3.8) is 0 Å². The zero-order valence-corrected chi connectivity index (χ0v) is 9.42. The van der Waals surface area contributed by atoms with Crippen molar-refractivity contribution in [2.24, 2.45) is 0 Å². The molecule has 1 aliphatic carbocycles. The summed E-state index contributed by atoms with van der Waals surface area (Å²) in [6.07, 6.45) is 3.65. The summed E-state index contributed by atoms with van der Waals surface area (Å²) in [5.41, 5.74) is 2.72. The lowest BCUT2D eigenvalue weighted by atomic mass is 10.1. The van der Waals surface area contributed by atoms with E-state index < -0.39 is 0 Å². The van der Waals surface area contributed by atoms with Crippen molar-refractivity contribution >= 4 is 28.9 Å². The molecule has 0 saturated heterocycles. The van der Waals surface area contributed by atoms with Crippen molar-refractivity contribution in [3.8, 4) is 0 Å². The second-order valence-corrected chi connectivity index (χ2v) is 4.64. The molecule has 3 rings (SSSR count). The number of nitrogens with zero attached hydrogens (tertiary/aromatic N) is 1.